The maximum Gasteiger partial charge on any atom is 0.326 e. The van der Waals surface area contributed by atoms with Crippen LogP contribution >= 0.6 is 11.8 Å². The molecule has 0 rings (SSSR count). The Morgan fingerprint density at radius 2 is 1.43 bits per heavy atom. The third-order valence-electron chi connectivity index (χ3n) is 5.18. The number of primary amides is 1. The third-order valence-corrected chi connectivity index (χ3v) is 5.83. The molecule has 37 heavy (non-hydrogen) atoms. The van der Waals surface area contributed by atoms with E-state index in [0.29, 0.717) is 18.7 Å². The van der Waals surface area contributed by atoms with Gasteiger partial charge in [-0.1, -0.05) is 13.8 Å². The number of hydrogen-bond donors (Lipinski definition) is 8. The fourth-order valence-electron chi connectivity index (χ4n) is 3.23. The molecule has 4 unspecified atom stereocenters. The van der Waals surface area contributed by atoms with Gasteiger partial charge in [-0.2, -0.15) is 11.8 Å². The highest BCUT2D eigenvalue weighted by Crippen LogP contribution is 2.09. The van der Waals surface area contributed by atoms with Crippen LogP contribution in [0.1, 0.15) is 52.4 Å². The van der Waals surface area contributed by atoms with Crippen molar-refractivity contribution in [1.29, 1.82) is 0 Å². The van der Waals surface area contributed by atoms with E-state index in [2.05, 4.69) is 20.9 Å². The van der Waals surface area contributed by atoms with Gasteiger partial charge >= 0.3 is 5.97 Å². The largest absolute Gasteiger partial charge is 0.480 e. The summed E-state index contributed by atoms with van der Waals surface area (Å²) in [5, 5.41) is 17.0. The molecule has 14 nitrogen and oxygen atoms in total. The fourth-order valence-corrected chi connectivity index (χ4v) is 3.70. The van der Waals surface area contributed by atoms with Crippen LogP contribution < -0.4 is 38.9 Å². The first-order chi connectivity index (χ1) is 17.3. The molecule has 4 amide bonds. The number of carbonyl (C=O) groups excluding carboxylic acids is 4. The summed E-state index contributed by atoms with van der Waals surface area (Å²) in [6.07, 6.45) is 2.58. The topological polar surface area (TPSA) is 258 Å². The summed E-state index contributed by atoms with van der Waals surface area (Å²) in [5.74, 6) is -3.50. The van der Waals surface area contributed by atoms with Gasteiger partial charge in [-0.15, -0.1) is 0 Å². The Bertz CT molecular complexity index is 806. The minimum atomic E-state index is -1.24. The summed E-state index contributed by atoms with van der Waals surface area (Å²) in [6.45, 7) is 3.99. The van der Waals surface area contributed by atoms with Crippen LogP contribution in [-0.4, -0.2) is 83.4 Å². The van der Waals surface area contributed by atoms with Crippen molar-refractivity contribution in [2.24, 2.45) is 33.8 Å². The van der Waals surface area contributed by atoms with E-state index in [1.54, 1.807) is 6.26 Å². The molecule has 0 aliphatic heterocycles. The molecule has 0 aliphatic carbocycles. The van der Waals surface area contributed by atoms with Gasteiger partial charge in [-0.05, 0) is 50.0 Å². The lowest BCUT2D eigenvalue weighted by Crippen LogP contribution is -2.57. The Morgan fingerprint density at radius 1 is 0.865 bits per heavy atom. The van der Waals surface area contributed by atoms with Crippen molar-refractivity contribution in [3.63, 3.8) is 0 Å². The van der Waals surface area contributed by atoms with Gasteiger partial charge in [-0.3, -0.25) is 24.2 Å². The highest BCUT2D eigenvalue weighted by molar-refractivity contribution is 7.98. The average molecular weight is 547 g/mol. The maximum absolute atomic E-state index is 13.1. The molecule has 0 saturated carbocycles. The highest BCUT2D eigenvalue weighted by atomic mass is 32.2. The third kappa shape index (κ3) is 15.6. The second kappa shape index (κ2) is 18.2. The molecule has 4 atom stereocenters. The molecule has 12 N–H and O–H groups in total. The van der Waals surface area contributed by atoms with Crippen LogP contribution in [0.3, 0.4) is 0 Å². The molecule has 15 heteroatoms. The summed E-state index contributed by atoms with van der Waals surface area (Å²) in [4.78, 5) is 65.2. The van der Waals surface area contributed by atoms with Crippen molar-refractivity contribution >= 4 is 47.3 Å². The first-order valence-electron chi connectivity index (χ1n) is 12.0. The molecular formula is C22H42N8O6S. The number of nitrogens with zero attached hydrogens (tertiary/aromatic N) is 1. The molecule has 0 aromatic rings. The molecule has 0 aromatic carbocycles. The van der Waals surface area contributed by atoms with Gasteiger partial charge in [0, 0.05) is 13.0 Å². The predicted molar refractivity (Wildman–Crippen MR) is 142 cm³/mol. The molecule has 212 valence electrons. The monoisotopic (exact) mass is 546 g/mol. The zero-order valence-electron chi connectivity index (χ0n) is 21.7. The zero-order valence-corrected chi connectivity index (χ0v) is 22.5. The molecule has 0 heterocycles. The van der Waals surface area contributed by atoms with Crippen LogP contribution in [0.2, 0.25) is 0 Å². The summed E-state index contributed by atoms with van der Waals surface area (Å²) >= 11 is 1.42. The SMILES string of the molecule is CSCCC(NC(=O)C(CCC(N)=O)NC(=O)C(CC(C)C)NC(=O)C(N)CCCN=C(N)N)C(=O)O. The second-order valence-corrected chi connectivity index (χ2v) is 9.98. The Hall–Kier alpha value is -3.07. The molecule has 0 radical (unpaired) electrons. The summed E-state index contributed by atoms with van der Waals surface area (Å²) in [7, 11) is 0. The van der Waals surface area contributed by atoms with E-state index in [0.717, 1.165) is 0 Å². The summed E-state index contributed by atoms with van der Waals surface area (Å²) in [6, 6.07) is -4.35. The van der Waals surface area contributed by atoms with Crippen LogP contribution in [0, 0.1) is 5.92 Å². The van der Waals surface area contributed by atoms with Gasteiger partial charge in [0.1, 0.15) is 18.1 Å². The molecule has 0 saturated heterocycles. The van der Waals surface area contributed by atoms with Crippen LogP contribution in [0.4, 0.5) is 0 Å². The number of amides is 4. The number of carbonyl (C=O) groups is 5. The molecule has 0 aliphatic rings. The minimum Gasteiger partial charge on any atom is -0.480 e. The van der Waals surface area contributed by atoms with E-state index in [1.807, 2.05) is 13.8 Å². The van der Waals surface area contributed by atoms with Gasteiger partial charge in [0.15, 0.2) is 5.96 Å². The number of nitrogens with two attached hydrogens (primary N) is 4. The van der Waals surface area contributed by atoms with Gasteiger partial charge in [0.05, 0.1) is 6.04 Å². The Balaban J connectivity index is 5.45. The smallest absolute Gasteiger partial charge is 0.326 e. The second-order valence-electron chi connectivity index (χ2n) is 8.99. The number of aliphatic carboxylic acids is 1. The average Bonchev–Trinajstić information content (AvgIpc) is 2.80. The number of carboxylic acid groups (broad SMARTS) is 1. The standard InChI is InChI=1S/C22H42N8O6S/c1-12(2)11-16(30-18(32)13(23)5-4-9-27-22(25)26)20(34)28-14(6-7-17(24)31)19(33)29-15(21(35)36)8-10-37-3/h12-16H,4-11,23H2,1-3H3,(H2,24,31)(H,28,34)(H,29,33)(H,30,32)(H,35,36)(H4,25,26,27). The van der Waals surface area contributed by atoms with Gasteiger partial charge in [-0.25, -0.2) is 4.79 Å². The quantitative estimate of drug-likeness (QED) is 0.0500. The maximum atomic E-state index is 13.1. The van der Waals surface area contributed by atoms with E-state index < -0.39 is 53.8 Å². The van der Waals surface area contributed by atoms with Gasteiger partial charge in [0.25, 0.3) is 0 Å². The van der Waals surface area contributed by atoms with E-state index in [4.69, 9.17) is 22.9 Å². The Labute approximate surface area is 221 Å². The minimum absolute atomic E-state index is 0.00466. The highest BCUT2D eigenvalue weighted by Gasteiger charge is 2.30. The number of carboxylic acids is 1. The number of nitrogens with one attached hydrogen (secondary N) is 3. The van der Waals surface area contributed by atoms with E-state index in [-0.39, 0.29) is 44.0 Å². The van der Waals surface area contributed by atoms with Gasteiger partial charge < -0.3 is 44.0 Å². The van der Waals surface area contributed by atoms with Crippen LogP contribution in [0.5, 0.6) is 0 Å². The van der Waals surface area contributed by atoms with Crippen molar-refractivity contribution < 1.29 is 29.1 Å². The number of guanidine groups is 1. The normalized spacial score (nSPS) is 14.1. The van der Waals surface area contributed by atoms with E-state index in [9.17, 15) is 29.1 Å². The number of aliphatic imine (C=N–C) groups is 1. The lowest BCUT2D eigenvalue weighted by atomic mass is 10.0. The first kappa shape index (κ1) is 33.9. The molecular weight excluding hydrogens is 504 g/mol. The van der Waals surface area contributed by atoms with Crippen molar-refractivity contribution in [3.8, 4) is 0 Å². The molecule has 0 aromatic heterocycles. The Kier molecular flexibility index (Phi) is 16.7. The number of rotatable bonds is 19. The Morgan fingerprint density at radius 3 is 1.95 bits per heavy atom. The van der Waals surface area contributed by atoms with Crippen molar-refractivity contribution in [2.45, 2.75) is 76.5 Å². The van der Waals surface area contributed by atoms with Crippen molar-refractivity contribution in [3.05, 3.63) is 0 Å². The molecule has 0 bridgehead atoms. The predicted octanol–water partition coefficient (Wildman–Crippen LogP) is -2.03. The zero-order chi connectivity index (χ0) is 28.5. The number of thioether (sulfide) groups is 1. The molecule has 0 spiro atoms. The van der Waals surface area contributed by atoms with Crippen LogP contribution in [0.15, 0.2) is 4.99 Å². The van der Waals surface area contributed by atoms with Crippen molar-refractivity contribution in [1.82, 2.24) is 16.0 Å². The number of hydrogen-bond acceptors (Lipinski definition) is 8. The lowest BCUT2D eigenvalue weighted by molar-refractivity contribution is -0.142. The summed E-state index contributed by atoms with van der Waals surface area (Å²) in [5.41, 5.74) is 21.7. The van der Waals surface area contributed by atoms with E-state index in [1.165, 1.54) is 11.8 Å². The van der Waals surface area contributed by atoms with Crippen LogP contribution in [-0.2, 0) is 24.0 Å². The summed E-state index contributed by atoms with van der Waals surface area (Å²) < 4.78 is 0. The van der Waals surface area contributed by atoms with E-state index >= 15 is 0 Å². The molecule has 0 fully saturated rings. The van der Waals surface area contributed by atoms with Gasteiger partial charge in [0.2, 0.25) is 23.6 Å². The lowest BCUT2D eigenvalue weighted by Gasteiger charge is -2.26. The van der Waals surface area contributed by atoms with Crippen molar-refractivity contribution in [2.75, 3.05) is 18.6 Å². The fraction of sp³-hybridized carbons (Fsp3) is 0.727. The first-order valence-corrected chi connectivity index (χ1v) is 13.4. The van der Waals surface area contributed by atoms with Crippen LogP contribution in [0.25, 0.3) is 0 Å².